The number of aliphatic hydroxyl groups excluding tert-OH is 1. The molecule has 0 spiro atoms. The van der Waals surface area contributed by atoms with Gasteiger partial charge >= 0.3 is 0 Å². The van der Waals surface area contributed by atoms with Gasteiger partial charge in [-0.15, -0.1) is 0 Å². The molecule has 6 nitrogen and oxygen atoms in total. The highest BCUT2D eigenvalue weighted by Gasteiger charge is 2.49. The molecular formula is C17H25N3O3. The molecule has 1 atom stereocenters. The van der Waals surface area contributed by atoms with Gasteiger partial charge in [0.25, 0.3) is 0 Å². The van der Waals surface area contributed by atoms with Gasteiger partial charge in [0, 0.05) is 31.9 Å². The fourth-order valence-corrected chi connectivity index (χ4v) is 2.86. The van der Waals surface area contributed by atoms with E-state index in [0.29, 0.717) is 19.8 Å². The first-order chi connectivity index (χ1) is 11.2. The van der Waals surface area contributed by atoms with Crippen LogP contribution in [0.25, 0.3) is 0 Å². The van der Waals surface area contributed by atoms with Crippen LogP contribution < -0.4 is 10.6 Å². The predicted molar refractivity (Wildman–Crippen MR) is 88.3 cm³/mol. The van der Waals surface area contributed by atoms with Crippen LogP contribution in [0, 0.1) is 0 Å². The Hall–Kier alpha value is -1.63. The van der Waals surface area contributed by atoms with E-state index in [2.05, 4.69) is 15.5 Å². The summed E-state index contributed by atoms with van der Waals surface area (Å²) in [6.45, 7) is 3.96. The number of hydrogen-bond acceptors (Lipinski definition) is 5. The zero-order valence-electron chi connectivity index (χ0n) is 13.3. The standard InChI is InChI=1S/C17H25N3O3/c21-15(13-20-8-10-23-11-9-20)12-18-16(22)17(6-7-17)19-14-4-2-1-3-5-14/h1-5,15,19,21H,6-13H2,(H,18,22). The lowest BCUT2D eigenvalue weighted by Gasteiger charge is -2.28. The number of nitrogens with one attached hydrogen (secondary N) is 2. The van der Waals surface area contributed by atoms with Crippen molar-refractivity contribution in [2.75, 3.05) is 44.7 Å². The minimum absolute atomic E-state index is 0.0256. The Morgan fingerprint density at radius 1 is 1.26 bits per heavy atom. The minimum Gasteiger partial charge on any atom is -0.390 e. The monoisotopic (exact) mass is 319 g/mol. The highest BCUT2D eigenvalue weighted by Crippen LogP contribution is 2.39. The van der Waals surface area contributed by atoms with Crippen molar-refractivity contribution in [3.05, 3.63) is 30.3 Å². The molecule has 1 aliphatic heterocycles. The first-order valence-electron chi connectivity index (χ1n) is 8.28. The van der Waals surface area contributed by atoms with E-state index in [1.54, 1.807) is 0 Å². The number of benzene rings is 1. The van der Waals surface area contributed by atoms with Crippen LogP contribution in [0.3, 0.4) is 0 Å². The van der Waals surface area contributed by atoms with Gasteiger partial charge in [-0.1, -0.05) is 18.2 Å². The molecule has 1 aromatic carbocycles. The Morgan fingerprint density at radius 2 is 1.96 bits per heavy atom. The van der Waals surface area contributed by atoms with E-state index in [1.165, 1.54) is 0 Å². The summed E-state index contributed by atoms with van der Waals surface area (Å²) in [7, 11) is 0. The summed E-state index contributed by atoms with van der Waals surface area (Å²) in [5.41, 5.74) is 0.453. The van der Waals surface area contributed by atoms with Gasteiger partial charge in [-0.2, -0.15) is 0 Å². The number of rotatable bonds is 7. The van der Waals surface area contributed by atoms with Crippen LogP contribution in [0.15, 0.2) is 30.3 Å². The fraction of sp³-hybridized carbons (Fsp3) is 0.588. The molecule has 3 N–H and O–H groups in total. The number of ether oxygens (including phenoxy) is 1. The van der Waals surface area contributed by atoms with E-state index in [0.717, 1.165) is 31.6 Å². The maximum Gasteiger partial charge on any atom is 0.245 e. The molecule has 1 unspecified atom stereocenters. The van der Waals surface area contributed by atoms with Crippen LogP contribution in [0.5, 0.6) is 0 Å². The highest BCUT2D eigenvalue weighted by atomic mass is 16.5. The van der Waals surface area contributed by atoms with Crippen LogP contribution in [0.2, 0.25) is 0 Å². The number of nitrogens with zero attached hydrogens (tertiary/aromatic N) is 1. The molecule has 23 heavy (non-hydrogen) atoms. The minimum atomic E-state index is -0.551. The van der Waals surface area contributed by atoms with Crippen molar-refractivity contribution < 1.29 is 14.6 Å². The third-order valence-corrected chi connectivity index (χ3v) is 4.41. The summed E-state index contributed by atoms with van der Waals surface area (Å²) in [6, 6.07) is 9.76. The summed E-state index contributed by atoms with van der Waals surface area (Å²) in [4.78, 5) is 14.6. The molecular weight excluding hydrogens is 294 g/mol. The summed E-state index contributed by atoms with van der Waals surface area (Å²) in [5.74, 6) is -0.0256. The lowest BCUT2D eigenvalue weighted by atomic mass is 10.2. The summed E-state index contributed by atoms with van der Waals surface area (Å²) < 4.78 is 5.29. The average molecular weight is 319 g/mol. The highest BCUT2D eigenvalue weighted by molar-refractivity contribution is 5.92. The first-order valence-corrected chi connectivity index (χ1v) is 8.28. The van der Waals surface area contributed by atoms with Crippen molar-refractivity contribution in [1.29, 1.82) is 0 Å². The van der Waals surface area contributed by atoms with E-state index in [4.69, 9.17) is 4.74 Å². The van der Waals surface area contributed by atoms with Gasteiger partial charge in [0.2, 0.25) is 5.91 Å². The molecule has 6 heteroatoms. The third kappa shape index (κ3) is 4.43. The van der Waals surface area contributed by atoms with Gasteiger partial charge < -0.3 is 20.5 Å². The second-order valence-electron chi connectivity index (χ2n) is 6.35. The van der Waals surface area contributed by atoms with Crippen molar-refractivity contribution in [1.82, 2.24) is 10.2 Å². The second-order valence-corrected chi connectivity index (χ2v) is 6.35. The molecule has 1 saturated carbocycles. The summed E-state index contributed by atoms with van der Waals surface area (Å²) in [6.07, 6.45) is 1.10. The van der Waals surface area contributed by atoms with Crippen LogP contribution in [0.1, 0.15) is 12.8 Å². The smallest absolute Gasteiger partial charge is 0.245 e. The molecule has 2 aliphatic rings. The lowest BCUT2D eigenvalue weighted by Crippen LogP contribution is -2.48. The van der Waals surface area contributed by atoms with E-state index >= 15 is 0 Å². The Bertz CT molecular complexity index is 513. The van der Waals surface area contributed by atoms with E-state index in [1.807, 2.05) is 30.3 Å². The quantitative estimate of drug-likeness (QED) is 0.680. The first kappa shape index (κ1) is 16.2. The predicted octanol–water partition coefficient (Wildman–Crippen LogP) is 0.440. The van der Waals surface area contributed by atoms with Crippen LogP contribution in [-0.4, -0.2) is 66.9 Å². The largest absolute Gasteiger partial charge is 0.390 e. The molecule has 126 valence electrons. The van der Waals surface area contributed by atoms with Crippen LogP contribution in [-0.2, 0) is 9.53 Å². The molecule has 1 amide bonds. The molecule has 1 saturated heterocycles. The second kappa shape index (κ2) is 7.29. The Balaban J connectivity index is 1.43. The number of amides is 1. The zero-order chi connectivity index (χ0) is 16.1. The van der Waals surface area contributed by atoms with Crippen LogP contribution >= 0.6 is 0 Å². The van der Waals surface area contributed by atoms with Gasteiger partial charge in [-0.25, -0.2) is 0 Å². The molecule has 1 aromatic rings. The van der Waals surface area contributed by atoms with Crippen molar-refractivity contribution >= 4 is 11.6 Å². The Morgan fingerprint density at radius 3 is 2.61 bits per heavy atom. The molecule has 1 heterocycles. The van der Waals surface area contributed by atoms with Crippen molar-refractivity contribution in [2.24, 2.45) is 0 Å². The van der Waals surface area contributed by atoms with E-state index < -0.39 is 11.6 Å². The van der Waals surface area contributed by atoms with E-state index in [9.17, 15) is 9.90 Å². The lowest BCUT2D eigenvalue weighted by molar-refractivity contribution is -0.123. The number of aliphatic hydroxyl groups is 1. The van der Waals surface area contributed by atoms with Crippen LogP contribution in [0.4, 0.5) is 5.69 Å². The van der Waals surface area contributed by atoms with Gasteiger partial charge in [0.15, 0.2) is 0 Å². The van der Waals surface area contributed by atoms with Gasteiger partial charge in [0.05, 0.1) is 19.3 Å². The fourth-order valence-electron chi connectivity index (χ4n) is 2.86. The Kier molecular flexibility index (Phi) is 5.15. The summed E-state index contributed by atoms with van der Waals surface area (Å²) >= 11 is 0. The average Bonchev–Trinajstić information content (AvgIpc) is 3.35. The molecule has 0 radical (unpaired) electrons. The Labute approximate surface area is 136 Å². The molecule has 1 aliphatic carbocycles. The zero-order valence-corrected chi connectivity index (χ0v) is 13.3. The number of anilines is 1. The number of para-hydroxylation sites is 1. The molecule has 0 bridgehead atoms. The van der Waals surface area contributed by atoms with Gasteiger partial charge in [-0.3, -0.25) is 9.69 Å². The van der Waals surface area contributed by atoms with Crippen molar-refractivity contribution in [3.8, 4) is 0 Å². The topological polar surface area (TPSA) is 73.8 Å². The number of carbonyl (C=O) groups is 1. The number of hydrogen-bond donors (Lipinski definition) is 3. The molecule has 0 aromatic heterocycles. The van der Waals surface area contributed by atoms with Crippen molar-refractivity contribution in [3.63, 3.8) is 0 Å². The number of β-amino-alcohol motifs (C(OH)–C–C–N with tert-alkyl or cyclic N) is 1. The molecule has 2 fully saturated rings. The SMILES string of the molecule is O=C(NCC(O)CN1CCOCC1)C1(Nc2ccccc2)CC1. The summed E-state index contributed by atoms with van der Waals surface area (Å²) in [5, 5.41) is 16.3. The number of carbonyl (C=O) groups excluding carboxylic acids is 1. The maximum atomic E-state index is 12.4. The normalized spacial score (nSPS) is 21.4. The van der Waals surface area contributed by atoms with Gasteiger partial charge in [0.1, 0.15) is 5.54 Å². The van der Waals surface area contributed by atoms with E-state index in [-0.39, 0.29) is 12.5 Å². The van der Waals surface area contributed by atoms with Gasteiger partial charge in [-0.05, 0) is 25.0 Å². The third-order valence-electron chi connectivity index (χ3n) is 4.41. The number of morpholine rings is 1. The maximum absolute atomic E-state index is 12.4. The van der Waals surface area contributed by atoms with Crippen molar-refractivity contribution in [2.45, 2.75) is 24.5 Å². The molecule has 3 rings (SSSR count).